The molecule has 14 heavy (non-hydrogen) atoms. The van der Waals surface area contributed by atoms with Crippen molar-refractivity contribution in [2.45, 2.75) is 25.9 Å². The predicted molar refractivity (Wildman–Crippen MR) is 55.3 cm³/mol. The van der Waals surface area contributed by atoms with Crippen molar-refractivity contribution in [1.82, 2.24) is 0 Å². The number of benzene rings is 1. The molecule has 1 aliphatic heterocycles. The van der Waals surface area contributed by atoms with Crippen molar-refractivity contribution in [3.8, 4) is 5.75 Å². The lowest BCUT2D eigenvalue weighted by atomic mass is 10.0. The van der Waals surface area contributed by atoms with Crippen LogP contribution < -0.4 is 4.74 Å². The molecule has 0 radical (unpaired) electrons. The van der Waals surface area contributed by atoms with Crippen LogP contribution in [0.1, 0.15) is 19.4 Å². The highest BCUT2D eigenvalue weighted by atomic mass is 35.5. The van der Waals surface area contributed by atoms with E-state index >= 15 is 0 Å². The fraction of sp³-hybridized carbons (Fsp3) is 0.400. The molecule has 2 rings (SSSR count). The highest BCUT2D eigenvalue weighted by Gasteiger charge is 2.33. The third-order valence-electron chi connectivity index (χ3n) is 2.26. The predicted octanol–water partition coefficient (Wildman–Crippen LogP) is 3.45. The molecule has 0 saturated heterocycles. The van der Waals surface area contributed by atoms with Gasteiger partial charge in [-0.15, -0.1) is 4.91 Å². The molecular weight excluding hydrogens is 202 g/mol. The van der Waals surface area contributed by atoms with Gasteiger partial charge in [0, 0.05) is 17.0 Å². The van der Waals surface area contributed by atoms with Crippen molar-refractivity contribution < 1.29 is 4.74 Å². The number of hydrogen-bond acceptors (Lipinski definition) is 3. The maximum Gasteiger partial charge on any atom is 0.154 e. The van der Waals surface area contributed by atoms with Gasteiger partial charge in [0.15, 0.2) is 5.75 Å². The summed E-state index contributed by atoms with van der Waals surface area (Å²) < 4.78 is 5.62. The maximum atomic E-state index is 10.5. The number of fused-ring (bicyclic) bond motifs is 1. The second-order valence-corrected chi connectivity index (χ2v) is 4.41. The second kappa shape index (κ2) is 2.95. The summed E-state index contributed by atoms with van der Waals surface area (Å²) in [6, 6.07) is 3.26. The number of nitrogens with zero attached hydrogens (tertiary/aromatic N) is 1. The van der Waals surface area contributed by atoms with Crippen LogP contribution in [0.15, 0.2) is 17.3 Å². The molecule has 4 heteroatoms. The van der Waals surface area contributed by atoms with Gasteiger partial charge >= 0.3 is 0 Å². The molecule has 1 aromatic rings. The average molecular weight is 212 g/mol. The van der Waals surface area contributed by atoms with Crippen molar-refractivity contribution in [1.29, 1.82) is 0 Å². The largest absolute Gasteiger partial charge is 0.485 e. The first kappa shape index (κ1) is 9.46. The molecule has 0 fully saturated rings. The molecule has 0 aromatic heterocycles. The Labute approximate surface area is 87.0 Å². The molecular formula is C10H10ClNO2. The normalized spacial score (nSPS) is 17.4. The summed E-state index contributed by atoms with van der Waals surface area (Å²) in [5.74, 6) is 0.539. The van der Waals surface area contributed by atoms with Gasteiger partial charge in [-0.3, -0.25) is 0 Å². The van der Waals surface area contributed by atoms with E-state index in [4.69, 9.17) is 16.3 Å². The summed E-state index contributed by atoms with van der Waals surface area (Å²) in [6.45, 7) is 3.91. The Bertz CT molecular complexity index is 401. The van der Waals surface area contributed by atoms with E-state index in [9.17, 15) is 4.91 Å². The Kier molecular flexibility index (Phi) is 2.00. The summed E-state index contributed by atoms with van der Waals surface area (Å²) in [7, 11) is 0. The van der Waals surface area contributed by atoms with E-state index in [0.29, 0.717) is 22.9 Å². The Hall–Kier alpha value is -1.09. The van der Waals surface area contributed by atoms with E-state index in [0.717, 1.165) is 5.56 Å². The Morgan fingerprint density at radius 3 is 2.86 bits per heavy atom. The zero-order valence-corrected chi connectivity index (χ0v) is 8.76. The minimum atomic E-state index is -0.299. The fourth-order valence-electron chi connectivity index (χ4n) is 1.68. The van der Waals surface area contributed by atoms with Crippen LogP contribution in [0.5, 0.6) is 5.75 Å². The van der Waals surface area contributed by atoms with E-state index in [-0.39, 0.29) is 5.60 Å². The smallest absolute Gasteiger partial charge is 0.154 e. The molecule has 3 nitrogen and oxygen atoms in total. The van der Waals surface area contributed by atoms with Crippen LogP contribution in [0.3, 0.4) is 0 Å². The molecule has 0 aliphatic carbocycles. The standard InChI is InChI=1S/C10H10ClNO2/c1-10(2)5-6-7(11)3-4-8(12-13)9(6)14-10/h3-4H,5H2,1-2H3. The third-order valence-corrected chi connectivity index (χ3v) is 2.62. The lowest BCUT2D eigenvalue weighted by Crippen LogP contribution is -2.24. The molecule has 0 bridgehead atoms. The molecule has 1 heterocycles. The highest BCUT2D eigenvalue weighted by Crippen LogP contribution is 2.45. The summed E-state index contributed by atoms with van der Waals surface area (Å²) in [5.41, 5.74) is 0.913. The molecule has 1 aliphatic rings. The van der Waals surface area contributed by atoms with E-state index in [1.54, 1.807) is 12.1 Å². The third kappa shape index (κ3) is 1.38. The van der Waals surface area contributed by atoms with Crippen molar-refractivity contribution in [2.24, 2.45) is 5.18 Å². The van der Waals surface area contributed by atoms with Gasteiger partial charge < -0.3 is 4.74 Å². The number of nitroso groups, excluding NO2 is 1. The maximum absolute atomic E-state index is 10.5. The number of halogens is 1. The van der Waals surface area contributed by atoms with E-state index in [1.807, 2.05) is 13.8 Å². The lowest BCUT2D eigenvalue weighted by molar-refractivity contribution is 0.139. The van der Waals surface area contributed by atoms with E-state index in [1.165, 1.54) is 0 Å². The van der Waals surface area contributed by atoms with Crippen LogP contribution in [-0.2, 0) is 6.42 Å². The molecule has 0 amide bonds. The molecule has 0 spiro atoms. The van der Waals surface area contributed by atoms with Crippen molar-refractivity contribution in [3.05, 3.63) is 27.6 Å². The van der Waals surface area contributed by atoms with Gasteiger partial charge in [-0.1, -0.05) is 11.6 Å². The van der Waals surface area contributed by atoms with Gasteiger partial charge in [-0.05, 0) is 31.2 Å². The fourth-order valence-corrected chi connectivity index (χ4v) is 1.90. The van der Waals surface area contributed by atoms with Crippen molar-refractivity contribution >= 4 is 17.3 Å². The van der Waals surface area contributed by atoms with Crippen molar-refractivity contribution in [3.63, 3.8) is 0 Å². The minimum Gasteiger partial charge on any atom is -0.485 e. The number of rotatable bonds is 1. The first-order valence-electron chi connectivity index (χ1n) is 4.37. The zero-order chi connectivity index (χ0) is 10.3. The summed E-state index contributed by atoms with van der Waals surface area (Å²) >= 11 is 6.00. The Morgan fingerprint density at radius 1 is 1.50 bits per heavy atom. The lowest BCUT2D eigenvalue weighted by Gasteiger charge is -2.16. The molecule has 0 unspecified atom stereocenters. The Morgan fingerprint density at radius 2 is 2.21 bits per heavy atom. The average Bonchev–Trinajstić information content (AvgIpc) is 2.42. The van der Waals surface area contributed by atoms with Crippen LogP contribution in [0.25, 0.3) is 0 Å². The number of ether oxygens (including phenoxy) is 1. The first-order valence-corrected chi connectivity index (χ1v) is 4.75. The molecule has 0 atom stereocenters. The second-order valence-electron chi connectivity index (χ2n) is 4.00. The monoisotopic (exact) mass is 211 g/mol. The van der Waals surface area contributed by atoms with Crippen LogP contribution in [0.4, 0.5) is 5.69 Å². The molecule has 74 valence electrons. The Balaban J connectivity index is 2.58. The molecule has 0 saturated carbocycles. The topological polar surface area (TPSA) is 38.7 Å². The van der Waals surface area contributed by atoms with Gasteiger partial charge in [0.1, 0.15) is 11.3 Å². The van der Waals surface area contributed by atoms with Gasteiger partial charge in [-0.2, -0.15) is 0 Å². The van der Waals surface area contributed by atoms with Gasteiger partial charge in [-0.25, -0.2) is 0 Å². The van der Waals surface area contributed by atoms with Crippen LogP contribution >= 0.6 is 11.6 Å². The van der Waals surface area contributed by atoms with Gasteiger partial charge in [0.05, 0.1) is 0 Å². The first-order chi connectivity index (χ1) is 6.53. The van der Waals surface area contributed by atoms with Gasteiger partial charge in [0.25, 0.3) is 0 Å². The van der Waals surface area contributed by atoms with E-state index < -0.39 is 0 Å². The summed E-state index contributed by atoms with van der Waals surface area (Å²) in [5, 5.41) is 3.55. The van der Waals surface area contributed by atoms with E-state index in [2.05, 4.69) is 5.18 Å². The molecule has 0 N–H and O–H groups in total. The summed E-state index contributed by atoms with van der Waals surface area (Å²) in [6.07, 6.45) is 0.713. The minimum absolute atomic E-state index is 0.299. The van der Waals surface area contributed by atoms with Crippen LogP contribution in [0, 0.1) is 4.91 Å². The van der Waals surface area contributed by atoms with Crippen molar-refractivity contribution in [2.75, 3.05) is 0 Å². The SMILES string of the molecule is CC1(C)Cc2c(Cl)ccc(N=O)c2O1. The number of hydrogen-bond donors (Lipinski definition) is 0. The zero-order valence-electron chi connectivity index (χ0n) is 8.00. The van der Waals surface area contributed by atoms with Crippen LogP contribution in [0.2, 0.25) is 5.02 Å². The molecule has 1 aromatic carbocycles. The quantitative estimate of drug-likeness (QED) is 0.668. The highest BCUT2D eigenvalue weighted by molar-refractivity contribution is 6.31. The van der Waals surface area contributed by atoms with Gasteiger partial charge in [0.2, 0.25) is 0 Å². The summed E-state index contributed by atoms with van der Waals surface area (Å²) in [4.78, 5) is 10.5. The van der Waals surface area contributed by atoms with Crippen LogP contribution in [-0.4, -0.2) is 5.60 Å².